The first-order chi connectivity index (χ1) is 69.8. The Balaban J connectivity index is 0.000000318. The van der Waals surface area contributed by atoms with Crippen molar-refractivity contribution >= 4 is 94.1 Å². The van der Waals surface area contributed by atoms with Crippen LogP contribution < -0.4 is 37.0 Å². The van der Waals surface area contributed by atoms with E-state index < -0.39 is 278 Å². The van der Waals surface area contributed by atoms with Gasteiger partial charge in [-0.15, -0.1) is 0 Å². The summed E-state index contributed by atoms with van der Waals surface area (Å²) >= 11 is 5.06. The number of fused-ring (bicyclic) bond motifs is 3. The molecule has 53 heteroatoms. The van der Waals surface area contributed by atoms with Crippen LogP contribution in [0.2, 0.25) is 0 Å². The number of nitrogens with zero attached hydrogens (tertiary/aromatic N) is 4. The molecule has 8 N–H and O–H groups in total. The van der Waals surface area contributed by atoms with Gasteiger partial charge in [-0.25, -0.2) is 45.5 Å². The average Bonchev–Trinajstić information content (AvgIpc) is 0.745. The average molecular weight is 2190 g/mol. The minimum Gasteiger partial charge on any atom is -0.503 e. The molecule has 7 aromatic rings. The minimum atomic E-state index is -4.47. The van der Waals surface area contributed by atoms with Crippen LogP contribution in [0.4, 0.5) is 45.5 Å². The van der Waals surface area contributed by atoms with Gasteiger partial charge in [0.1, 0.15) is 75.3 Å². The lowest BCUT2D eigenvalue weighted by atomic mass is 9.73. The number of hydrogen-bond acceptors (Lipinski definition) is 34. The lowest BCUT2D eigenvalue weighted by molar-refractivity contribution is -0.0326. The van der Waals surface area contributed by atoms with Crippen LogP contribution >= 0.6 is 34.4 Å². The molecule has 3 aliphatic rings. The Labute approximate surface area is 857 Å². The molecule has 822 valence electrons. The highest BCUT2D eigenvalue weighted by molar-refractivity contribution is 7.54. The number of alkyl halides is 1. The summed E-state index contributed by atoms with van der Waals surface area (Å²) in [6.07, 6.45) is -7.90. The number of carbonyl (C=O) groups is 10. The van der Waals surface area contributed by atoms with Crippen molar-refractivity contribution in [3.63, 3.8) is 0 Å². The molecular weight excluding hydrogens is 2070 g/mol. The monoisotopic (exact) mass is 2190 g/mol. The highest BCUT2D eigenvalue weighted by Crippen LogP contribution is 2.54. The number of amides is 3. The highest BCUT2D eigenvalue weighted by Gasteiger charge is 2.53. The summed E-state index contributed by atoms with van der Waals surface area (Å²) in [4.78, 5) is 197. The molecule has 0 bridgehead atoms. The normalized spacial score (nSPS) is 17.5. The number of benzene rings is 4. The van der Waals surface area contributed by atoms with Gasteiger partial charge >= 0.3 is 47.4 Å². The maximum absolute atomic E-state index is 14.1. The van der Waals surface area contributed by atoms with Crippen LogP contribution in [0.15, 0.2) is 118 Å². The van der Waals surface area contributed by atoms with Crippen LogP contribution in [0.25, 0.3) is 0 Å². The number of Topliss-reactive ketones (excluding diaryl/α,β-unsaturated/α-hetero) is 3. The number of aromatic hydroxyl groups is 2. The molecule has 3 aliphatic heterocycles. The number of rotatable bonds is 41. The van der Waals surface area contributed by atoms with Gasteiger partial charge in [0, 0.05) is 94.4 Å². The van der Waals surface area contributed by atoms with E-state index in [0.717, 1.165) is 51.9 Å². The van der Waals surface area contributed by atoms with Gasteiger partial charge in [0.25, 0.3) is 17.7 Å². The van der Waals surface area contributed by atoms with Crippen molar-refractivity contribution in [2.45, 2.75) is 205 Å². The first-order valence-electron chi connectivity index (χ1n) is 46.1. The molecule has 0 saturated carbocycles. The number of methoxy groups -OCH3 is 3. The predicted octanol–water partition coefficient (Wildman–Crippen LogP) is 14.2. The van der Waals surface area contributed by atoms with Crippen LogP contribution in [-0.2, 0) is 125 Å². The molecule has 0 spiro atoms. The van der Waals surface area contributed by atoms with Gasteiger partial charge in [0.15, 0.2) is 40.7 Å². The van der Waals surface area contributed by atoms with E-state index in [2.05, 4.69) is 55.8 Å². The Kier molecular flexibility index (Phi) is 48.1. The SMILES string of the molecule is CC(C)OC(=O)OCCl.CCN(CC)CC.COC1Cn2cc(C(=O)NCc3ccc(F)cc3F)c(=O)c(O)c2C(=O)C1(C)CCP(=O)(O)OCOC(=O)OC(C)C.COC1Cn2cc(C(=O)NCc3ccc(F)cc3F)c(=O)c(O)c2C(=O)C1(C)CCP(=O)(OCOC(=O)OC(C)C)OCOC(=O)OC(C)C.COC1Cn2cc(C(=O)NCc3ccc(F)cc3F)c(=O)c(OCc3ccccc3)c2C(=O)C1(C)CCP(=O)(O)O. The first kappa shape index (κ1) is 125. The fraction of sp³-hybridized carbons (Fsp3) is 0.490. The second kappa shape index (κ2) is 57.1. The van der Waals surface area contributed by atoms with E-state index in [1.165, 1.54) is 78.6 Å². The van der Waals surface area contributed by atoms with E-state index in [0.29, 0.717) is 23.8 Å². The molecular formula is C96H123ClF6N7O36P3. The minimum absolute atomic E-state index is 0.00573. The van der Waals surface area contributed by atoms with Crippen molar-refractivity contribution in [1.29, 1.82) is 0 Å². The number of aromatic nitrogens is 3. The van der Waals surface area contributed by atoms with Crippen LogP contribution in [-0.4, -0.2) is 232 Å². The summed E-state index contributed by atoms with van der Waals surface area (Å²) in [6.45, 7) is 23.0. The van der Waals surface area contributed by atoms with Gasteiger partial charge in [-0.05, 0) is 139 Å². The van der Waals surface area contributed by atoms with Crippen molar-refractivity contribution in [2.24, 2.45) is 16.2 Å². The maximum atomic E-state index is 14.1. The molecule has 0 radical (unpaired) electrons. The number of nitrogens with one attached hydrogen (secondary N) is 3. The summed E-state index contributed by atoms with van der Waals surface area (Å²) in [5.74, 6) is -12.7. The fourth-order valence-electron chi connectivity index (χ4n) is 14.9. The number of ether oxygens (including phenoxy) is 12. The fourth-order valence-corrected chi connectivity index (χ4v) is 18.3. The number of ketones is 3. The van der Waals surface area contributed by atoms with Gasteiger partial charge in [-0.3, -0.25) is 70.4 Å². The van der Waals surface area contributed by atoms with Gasteiger partial charge in [-0.2, -0.15) is 0 Å². The zero-order chi connectivity index (χ0) is 112. The van der Waals surface area contributed by atoms with Crippen LogP contribution in [0, 0.1) is 51.1 Å². The van der Waals surface area contributed by atoms with Crippen LogP contribution in [0.5, 0.6) is 17.2 Å². The Bertz CT molecular complexity index is 6190. The van der Waals surface area contributed by atoms with E-state index >= 15 is 0 Å². The van der Waals surface area contributed by atoms with E-state index in [-0.39, 0.29) is 92.2 Å². The Hall–Kier alpha value is -12.2. The van der Waals surface area contributed by atoms with Crippen molar-refractivity contribution in [1.82, 2.24) is 34.6 Å². The zero-order valence-electron chi connectivity index (χ0n) is 84.7. The van der Waals surface area contributed by atoms with E-state index in [1.54, 1.807) is 85.7 Å². The van der Waals surface area contributed by atoms with Crippen LogP contribution in [0.3, 0.4) is 0 Å². The second-order valence-electron chi connectivity index (χ2n) is 35.1. The summed E-state index contributed by atoms with van der Waals surface area (Å²) < 4.78 is 198. The van der Waals surface area contributed by atoms with Crippen molar-refractivity contribution in [3.05, 3.63) is 225 Å². The van der Waals surface area contributed by atoms with Crippen LogP contribution in [0.1, 0.15) is 201 Å². The van der Waals surface area contributed by atoms with Gasteiger partial charge in [0.2, 0.25) is 36.7 Å². The Morgan fingerprint density at radius 3 is 1.08 bits per heavy atom. The van der Waals surface area contributed by atoms with Crippen molar-refractivity contribution in [2.75, 3.05) is 85.9 Å². The van der Waals surface area contributed by atoms with Gasteiger partial charge in [-0.1, -0.05) is 80.9 Å². The first-order valence-corrected chi connectivity index (χ1v) is 51.9. The predicted molar refractivity (Wildman–Crippen MR) is 519 cm³/mol. The molecule has 6 heterocycles. The lowest BCUT2D eigenvalue weighted by Gasteiger charge is -2.41. The number of carbonyl (C=O) groups excluding carboxylic acids is 10. The molecule has 0 fully saturated rings. The third-order valence-electron chi connectivity index (χ3n) is 23.2. The van der Waals surface area contributed by atoms with E-state index in [1.807, 2.05) is 0 Å². The molecule has 0 aliphatic carbocycles. The van der Waals surface area contributed by atoms with E-state index in [4.69, 9.17) is 67.8 Å². The zero-order valence-corrected chi connectivity index (χ0v) is 88.1. The molecule has 3 aromatic heterocycles. The maximum Gasteiger partial charge on any atom is 0.510 e. The quantitative estimate of drug-likeness (QED) is 0.00440. The number of hydrogen-bond donors (Lipinski definition) is 8. The molecule has 7 atom stereocenters. The molecule has 4 aromatic carbocycles. The summed E-state index contributed by atoms with van der Waals surface area (Å²) in [6, 6.07) is 17.0. The summed E-state index contributed by atoms with van der Waals surface area (Å²) in [5, 5.41) is 28.7. The van der Waals surface area contributed by atoms with Gasteiger partial charge < -0.3 is 116 Å². The van der Waals surface area contributed by atoms with Crippen molar-refractivity contribution < 1.29 is 183 Å². The van der Waals surface area contributed by atoms with Crippen molar-refractivity contribution in [3.8, 4) is 17.2 Å². The van der Waals surface area contributed by atoms with Gasteiger partial charge in [0.05, 0.1) is 97.1 Å². The smallest absolute Gasteiger partial charge is 0.503 e. The molecule has 10 rings (SSSR count). The highest BCUT2D eigenvalue weighted by atomic mass is 35.5. The Morgan fingerprint density at radius 1 is 0.450 bits per heavy atom. The third kappa shape index (κ3) is 36.0. The summed E-state index contributed by atoms with van der Waals surface area (Å²) in [7, 11) is -9.29. The number of halogens is 7. The largest absolute Gasteiger partial charge is 0.510 e. The number of pyridine rings is 3. The molecule has 3 amide bonds. The molecule has 43 nitrogen and oxygen atoms in total. The topological polar surface area (TPSA) is 567 Å². The third-order valence-corrected chi connectivity index (χ3v) is 27.2. The Morgan fingerprint density at radius 2 is 0.765 bits per heavy atom. The van der Waals surface area contributed by atoms with E-state index in [9.17, 15) is 127 Å². The lowest BCUT2D eigenvalue weighted by Crippen LogP contribution is -2.50. The standard InChI is InChI=1S/C31H39F2N2O14P.C28H29F2N2O8P.C26H31F2N2O11P.C6H15N.C5H9ClO3/c1-17(2)48-29(40)44-15-46-50(42,47-16-45-30(41)49-18(3)4)10-9-31(5)23(43-6)14-35-13-21(25(36)26(37)24(35)27(31)38)28(39)34-12-19-7-8-20(32)11-22(19)33;1-28(10-11-41(36,37)38)22(39-2)15-32-14-20(27(35)31-13-18-8-9-19(29)12-21(18)30)24(33)25(23(32)26(28)34)40-16-17-6-4-3-5-7-17;1-14(2)41-25(35)39-13-40-42(36,37)8-7-26(3)19(38-4)12-30-11-17(21(31)22(32)20(30)23(26)33)24(34)29-10-15-5-6-16(27)9-18(15)28;1-4-7(5-2)6-3;1-4(2)9-5(7)8-3-6/h7-8,11,13,17-18,23,37H,9-10,12,14-16H2,1-6H3,(H,34,39);3-9,12,14,22H,10-11,13,15-16H2,1-2H3,(H,31,35)(H2,36,37,38);5-6,9,11,14,19,32H,7-8,10,12-13H2,1-4H3,(H,29,34)(H,36,37);4-6H2,1-3H3;4H,3H2,1-2H3. The summed E-state index contributed by atoms with van der Waals surface area (Å²) in [5.41, 5.74) is -9.84. The molecule has 149 heavy (non-hydrogen) atoms. The molecule has 7 unspecified atom stereocenters. The molecule has 0 saturated heterocycles. The second-order valence-corrected chi connectivity index (χ2v) is 41.3.